The van der Waals surface area contributed by atoms with Gasteiger partial charge in [0.05, 0.1) is 0 Å². The Morgan fingerprint density at radius 2 is 2.44 bits per heavy atom. The Morgan fingerprint density at radius 1 is 1.78 bits per heavy atom. The summed E-state index contributed by atoms with van der Waals surface area (Å²) < 4.78 is 4.63. The van der Waals surface area contributed by atoms with Gasteiger partial charge >= 0.3 is 0 Å². The molecule has 1 N–H and O–H groups in total. The van der Waals surface area contributed by atoms with Gasteiger partial charge in [-0.1, -0.05) is 0 Å². The average Bonchev–Trinajstić information content (AvgIpc) is 2.15. The smallest absolute Gasteiger partial charge is 0.185 e. The summed E-state index contributed by atoms with van der Waals surface area (Å²) in [6, 6.07) is 0. The molecule has 0 saturated heterocycles. The van der Waals surface area contributed by atoms with E-state index in [1.54, 1.807) is 6.92 Å². The normalized spacial score (nSPS) is 9.44. The fourth-order valence-electron chi connectivity index (χ4n) is 0.538. The molecule has 0 atom stereocenters. The lowest BCUT2D eigenvalue weighted by Crippen LogP contribution is -1.75. The number of aldehydes is 1. The molecule has 0 aromatic carbocycles. The lowest BCUT2D eigenvalue weighted by atomic mass is 10.3. The van der Waals surface area contributed by atoms with Crippen molar-refractivity contribution in [2.75, 3.05) is 0 Å². The molecule has 9 heavy (non-hydrogen) atoms. The number of carbonyl (C=O) groups excluding carboxylic acids is 1. The first-order chi connectivity index (χ1) is 4.25. The summed E-state index contributed by atoms with van der Waals surface area (Å²) in [6.07, 6.45) is 1.70. The van der Waals surface area contributed by atoms with E-state index in [0.29, 0.717) is 11.8 Å². The molecule has 0 fully saturated rings. The van der Waals surface area contributed by atoms with Gasteiger partial charge in [-0.05, 0) is 6.92 Å². The Labute approximate surface area is 51.9 Å². The van der Waals surface area contributed by atoms with Crippen molar-refractivity contribution in [1.82, 2.24) is 0 Å². The van der Waals surface area contributed by atoms with Crippen molar-refractivity contribution < 1.29 is 14.3 Å². The van der Waals surface area contributed by atoms with Gasteiger partial charge < -0.3 is 9.52 Å². The molecular formula is C6H6O3. The number of aromatic hydroxyl groups is 1. The van der Waals surface area contributed by atoms with E-state index >= 15 is 0 Å². The second-order valence-corrected chi connectivity index (χ2v) is 1.73. The van der Waals surface area contributed by atoms with Crippen molar-refractivity contribution in [3.05, 3.63) is 17.6 Å². The average molecular weight is 126 g/mol. The maximum atomic E-state index is 10.0. The molecule has 0 unspecified atom stereocenters. The molecule has 3 heteroatoms. The summed E-state index contributed by atoms with van der Waals surface area (Å²) in [6.45, 7) is 1.61. The van der Waals surface area contributed by atoms with E-state index in [2.05, 4.69) is 4.42 Å². The fourth-order valence-corrected chi connectivity index (χ4v) is 0.538. The molecule has 1 aromatic rings. The van der Waals surface area contributed by atoms with E-state index in [0.717, 1.165) is 6.26 Å². The second kappa shape index (κ2) is 1.93. The molecule has 1 rings (SSSR count). The van der Waals surface area contributed by atoms with Gasteiger partial charge in [-0.25, -0.2) is 0 Å². The van der Waals surface area contributed by atoms with Crippen LogP contribution in [0.1, 0.15) is 16.1 Å². The first kappa shape index (κ1) is 5.88. The van der Waals surface area contributed by atoms with Crippen LogP contribution in [0.3, 0.4) is 0 Å². The zero-order chi connectivity index (χ0) is 6.85. The SMILES string of the molecule is Cc1c(O)coc1C=O. The largest absolute Gasteiger partial charge is 0.504 e. The third-order valence-electron chi connectivity index (χ3n) is 1.16. The van der Waals surface area contributed by atoms with E-state index in [1.165, 1.54) is 0 Å². The third-order valence-corrected chi connectivity index (χ3v) is 1.16. The zero-order valence-electron chi connectivity index (χ0n) is 4.92. The fraction of sp³-hybridized carbons (Fsp3) is 0.167. The molecule has 1 heterocycles. The van der Waals surface area contributed by atoms with Crippen LogP contribution in [-0.2, 0) is 0 Å². The standard InChI is InChI=1S/C6H6O3/c1-4-5(8)3-9-6(4)2-7/h2-3,8H,1H3. The Balaban J connectivity index is 3.18. The third kappa shape index (κ3) is 0.806. The van der Waals surface area contributed by atoms with Crippen molar-refractivity contribution in [2.45, 2.75) is 6.92 Å². The highest BCUT2D eigenvalue weighted by Crippen LogP contribution is 2.19. The van der Waals surface area contributed by atoms with Crippen LogP contribution in [0.2, 0.25) is 0 Å². The van der Waals surface area contributed by atoms with Crippen LogP contribution < -0.4 is 0 Å². The summed E-state index contributed by atoms with van der Waals surface area (Å²) in [5.41, 5.74) is 0.491. The minimum atomic E-state index is 0.0251. The predicted molar refractivity (Wildman–Crippen MR) is 30.5 cm³/mol. The molecule has 1 aromatic heterocycles. The monoisotopic (exact) mass is 126 g/mol. The summed E-state index contributed by atoms with van der Waals surface area (Å²) in [5, 5.41) is 8.82. The first-order valence-corrected chi connectivity index (χ1v) is 2.48. The van der Waals surface area contributed by atoms with Crippen molar-refractivity contribution in [1.29, 1.82) is 0 Å². The molecule has 0 saturated carbocycles. The van der Waals surface area contributed by atoms with Crippen molar-refractivity contribution >= 4 is 6.29 Å². The highest BCUT2D eigenvalue weighted by atomic mass is 16.4. The van der Waals surface area contributed by atoms with Crippen molar-refractivity contribution in [2.24, 2.45) is 0 Å². The predicted octanol–water partition coefficient (Wildman–Crippen LogP) is 1.11. The van der Waals surface area contributed by atoms with Crippen LogP contribution in [0.4, 0.5) is 0 Å². The molecule has 0 bridgehead atoms. The van der Waals surface area contributed by atoms with E-state index in [4.69, 9.17) is 5.11 Å². The second-order valence-electron chi connectivity index (χ2n) is 1.73. The number of carbonyl (C=O) groups is 1. The Bertz CT molecular complexity index is 224. The maximum absolute atomic E-state index is 10.0. The minimum absolute atomic E-state index is 0.0251. The van der Waals surface area contributed by atoms with Gasteiger partial charge in [0.25, 0.3) is 0 Å². The van der Waals surface area contributed by atoms with Gasteiger partial charge in [-0.2, -0.15) is 0 Å². The zero-order valence-corrected chi connectivity index (χ0v) is 4.92. The van der Waals surface area contributed by atoms with Crippen LogP contribution in [-0.4, -0.2) is 11.4 Å². The Morgan fingerprint density at radius 3 is 2.67 bits per heavy atom. The molecule has 0 amide bonds. The van der Waals surface area contributed by atoms with Crippen molar-refractivity contribution in [3.63, 3.8) is 0 Å². The molecule has 48 valence electrons. The van der Waals surface area contributed by atoms with Crippen LogP contribution >= 0.6 is 0 Å². The number of hydrogen-bond donors (Lipinski definition) is 1. The molecule has 0 spiro atoms. The summed E-state index contributed by atoms with van der Waals surface area (Å²) >= 11 is 0. The molecule has 0 aliphatic rings. The topological polar surface area (TPSA) is 50.4 Å². The number of rotatable bonds is 1. The van der Waals surface area contributed by atoms with Gasteiger partial charge in [0.1, 0.15) is 6.26 Å². The highest BCUT2D eigenvalue weighted by Gasteiger charge is 2.04. The quantitative estimate of drug-likeness (QED) is 0.573. The van der Waals surface area contributed by atoms with Crippen LogP contribution in [0.5, 0.6) is 5.75 Å². The van der Waals surface area contributed by atoms with Crippen LogP contribution in [0.15, 0.2) is 10.7 Å². The molecular weight excluding hydrogens is 120 g/mol. The van der Waals surface area contributed by atoms with Gasteiger partial charge in [-0.3, -0.25) is 4.79 Å². The molecule has 0 radical (unpaired) electrons. The number of hydrogen-bond acceptors (Lipinski definition) is 3. The van der Waals surface area contributed by atoms with E-state index in [-0.39, 0.29) is 11.5 Å². The minimum Gasteiger partial charge on any atom is -0.504 e. The Hall–Kier alpha value is -1.25. The highest BCUT2D eigenvalue weighted by molar-refractivity contribution is 5.74. The molecule has 0 aliphatic heterocycles. The summed E-state index contributed by atoms with van der Waals surface area (Å²) in [7, 11) is 0. The maximum Gasteiger partial charge on any atom is 0.185 e. The van der Waals surface area contributed by atoms with Gasteiger partial charge in [0, 0.05) is 5.56 Å². The lowest BCUT2D eigenvalue weighted by Gasteiger charge is -1.82. The first-order valence-electron chi connectivity index (χ1n) is 2.48. The van der Waals surface area contributed by atoms with Gasteiger partial charge in [0.15, 0.2) is 17.8 Å². The van der Waals surface area contributed by atoms with E-state index < -0.39 is 0 Å². The Kier molecular flexibility index (Phi) is 1.26. The van der Waals surface area contributed by atoms with Gasteiger partial charge in [-0.15, -0.1) is 0 Å². The van der Waals surface area contributed by atoms with Crippen molar-refractivity contribution in [3.8, 4) is 5.75 Å². The van der Waals surface area contributed by atoms with Gasteiger partial charge in [0.2, 0.25) is 0 Å². The summed E-state index contributed by atoms with van der Waals surface area (Å²) in [4.78, 5) is 10.0. The lowest BCUT2D eigenvalue weighted by molar-refractivity contribution is 0.110. The molecule has 3 nitrogen and oxygen atoms in total. The summed E-state index contributed by atoms with van der Waals surface area (Å²) in [5.74, 6) is 0.213. The molecule has 0 aliphatic carbocycles. The van der Waals surface area contributed by atoms with Crippen LogP contribution in [0, 0.1) is 6.92 Å². The van der Waals surface area contributed by atoms with E-state index in [9.17, 15) is 4.79 Å². The van der Waals surface area contributed by atoms with E-state index in [1.807, 2.05) is 0 Å². The van der Waals surface area contributed by atoms with Crippen LogP contribution in [0.25, 0.3) is 0 Å². The number of furan rings is 1.